The van der Waals surface area contributed by atoms with Gasteiger partial charge in [-0.25, -0.2) is 4.79 Å². The third-order valence-electron chi connectivity index (χ3n) is 6.54. The number of carbonyl (C=O) groups is 1. The second-order valence-electron chi connectivity index (χ2n) is 9.16. The first-order valence-electron chi connectivity index (χ1n) is 11.9. The van der Waals surface area contributed by atoms with Gasteiger partial charge in [0.15, 0.2) is 34.9 Å². The summed E-state index contributed by atoms with van der Waals surface area (Å²) in [5, 5.41) is 70.6. The highest BCUT2D eigenvalue weighted by Gasteiger charge is 2.38. The van der Waals surface area contributed by atoms with Gasteiger partial charge in [0.1, 0.15) is 23.4 Å². The number of benzene rings is 4. The lowest BCUT2D eigenvalue weighted by Gasteiger charge is -2.35. The van der Waals surface area contributed by atoms with Crippen LogP contribution in [0.2, 0.25) is 0 Å². The van der Waals surface area contributed by atoms with Gasteiger partial charge < -0.3 is 45.2 Å². The SMILES string of the molecule is O=C(O[C@@H]1Cc2c(O)cc(O)c(Cc3ccccc3)c2O[C@H]1c1ccc(O)c(O)c1)c1cc(O)c(O)c(O)c1. The van der Waals surface area contributed by atoms with Crippen molar-refractivity contribution in [2.45, 2.75) is 25.0 Å². The number of hydrogen-bond donors (Lipinski definition) is 7. The number of ether oxygens (including phenoxy) is 2. The first kappa shape index (κ1) is 25.4. The van der Waals surface area contributed by atoms with Gasteiger partial charge in [-0.3, -0.25) is 0 Å². The van der Waals surface area contributed by atoms with Gasteiger partial charge in [-0.15, -0.1) is 0 Å². The van der Waals surface area contributed by atoms with Crippen LogP contribution in [0.4, 0.5) is 0 Å². The zero-order valence-electron chi connectivity index (χ0n) is 20.3. The summed E-state index contributed by atoms with van der Waals surface area (Å²) in [6.07, 6.45) is -1.98. The van der Waals surface area contributed by atoms with Crippen molar-refractivity contribution >= 4 is 5.97 Å². The number of esters is 1. The standard InChI is InChI=1S/C29H24O10/c30-19-7-6-15(9-22(19)33)27-25(38-29(37)16-10-23(34)26(36)24(35)11-16)12-18-21(32)13-20(31)17(28(18)39-27)8-14-4-2-1-3-5-14/h1-7,9-11,13,25,27,30-36H,8,12H2/t25-,27+/m1/s1. The highest BCUT2D eigenvalue weighted by Crippen LogP contribution is 2.47. The van der Waals surface area contributed by atoms with Gasteiger partial charge in [-0.1, -0.05) is 36.4 Å². The Morgan fingerprint density at radius 3 is 2.13 bits per heavy atom. The fraction of sp³-hybridized carbons (Fsp3) is 0.138. The maximum absolute atomic E-state index is 13.0. The molecule has 0 saturated carbocycles. The average Bonchev–Trinajstić information content (AvgIpc) is 2.91. The highest BCUT2D eigenvalue weighted by atomic mass is 16.6. The molecule has 39 heavy (non-hydrogen) atoms. The molecule has 5 rings (SSSR count). The summed E-state index contributed by atoms with van der Waals surface area (Å²) < 4.78 is 11.9. The monoisotopic (exact) mass is 532 g/mol. The van der Waals surface area contributed by atoms with Gasteiger partial charge in [-0.05, 0) is 29.8 Å². The van der Waals surface area contributed by atoms with Crippen LogP contribution in [-0.4, -0.2) is 47.8 Å². The maximum Gasteiger partial charge on any atom is 0.338 e. The van der Waals surface area contributed by atoms with E-state index in [4.69, 9.17) is 9.47 Å². The molecule has 2 atom stereocenters. The molecule has 4 aromatic carbocycles. The van der Waals surface area contributed by atoms with Crippen LogP contribution in [0.1, 0.15) is 38.7 Å². The average molecular weight is 533 g/mol. The summed E-state index contributed by atoms with van der Waals surface area (Å²) in [6.45, 7) is 0. The Morgan fingerprint density at radius 1 is 0.769 bits per heavy atom. The van der Waals surface area contributed by atoms with Crippen molar-refractivity contribution in [2.24, 2.45) is 0 Å². The zero-order chi connectivity index (χ0) is 27.8. The smallest absolute Gasteiger partial charge is 0.338 e. The van der Waals surface area contributed by atoms with Crippen molar-refractivity contribution in [2.75, 3.05) is 0 Å². The van der Waals surface area contributed by atoms with Crippen molar-refractivity contribution in [3.05, 3.63) is 94.5 Å². The summed E-state index contributed by atoms with van der Waals surface area (Å²) in [7, 11) is 0. The van der Waals surface area contributed by atoms with E-state index in [0.717, 1.165) is 17.7 Å². The molecule has 0 amide bonds. The van der Waals surface area contributed by atoms with E-state index in [0.29, 0.717) is 11.1 Å². The van der Waals surface area contributed by atoms with Crippen LogP contribution in [-0.2, 0) is 17.6 Å². The van der Waals surface area contributed by atoms with E-state index in [1.165, 1.54) is 24.3 Å². The molecule has 0 spiro atoms. The molecule has 0 bridgehead atoms. The van der Waals surface area contributed by atoms with E-state index >= 15 is 0 Å². The minimum absolute atomic E-state index is 0.0721. The lowest BCUT2D eigenvalue weighted by molar-refractivity contribution is -0.0192. The van der Waals surface area contributed by atoms with Gasteiger partial charge in [0.05, 0.1) is 5.56 Å². The zero-order valence-corrected chi connectivity index (χ0v) is 20.3. The summed E-state index contributed by atoms with van der Waals surface area (Å²) in [4.78, 5) is 13.0. The molecule has 0 aliphatic carbocycles. The summed E-state index contributed by atoms with van der Waals surface area (Å²) in [5.74, 6) is -4.36. The summed E-state index contributed by atoms with van der Waals surface area (Å²) >= 11 is 0. The molecular weight excluding hydrogens is 508 g/mol. The number of hydrogen-bond acceptors (Lipinski definition) is 10. The molecule has 10 nitrogen and oxygen atoms in total. The number of carbonyl (C=O) groups excluding carboxylic acids is 1. The Kier molecular flexibility index (Phi) is 6.45. The van der Waals surface area contributed by atoms with Crippen LogP contribution >= 0.6 is 0 Å². The van der Waals surface area contributed by atoms with Crippen molar-refractivity contribution in [3.63, 3.8) is 0 Å². The number of phenolic OH excluding ortho intramolecular Hbond substituents is 7. The number of rotatable bonds is 5. The molecule has 10 heteroatoms. The lowest BCUT2D eigenvalue weighted by atomic mass is 9.90. The van der Waals surface area contributed by atoms with E-state index in [1.807, 2.05) is 30.3 Å². The normalized spacial score (nSPS) is 16.2. The molecule has 0 saturated heterocycles. The topological polar surface area (TPSA) is 177 Å². The van der Waals surface area contributed by atoms with Crippen molar-refractivity contribution in [3.8, 4) is 46.0 Å². The van der Waals surface area contributed by atoms with Crippen LogP contribution in [0.5, 0.6) is 46.0 Å². The maximum atomic E-state index is 13.0. The quantitative estimate of drug-likeness (QED) is 0.146. The number of fused-ring (bicyclic) bond motifs is 1. The Hall–Kier alpha value is -5.25. The van der Waals surface area contributed by atoms with Crippen molar-refractivity contribution in [1.29, 1.82) is 0 Å². The molecule has 0 aromatic heterocycles. The fourth-order valence-corrected chi connectivity index (χ4v) is 4.57. The van der Waals surface area contributed by atoms with E-state index < -0.39 is 41.2 Å². The first-order chi connectivity index (χ1) is 18.6. The molecule has 1 aliphatic heterocycles. The number of aromatic hydroxyl groups is 7. The lowest BCUT2D eigenvalue weighted by Crippen LogP contribution is -2.35. The Balaban J connectivity index is 1.57. The summed E-state index contributed by atoms with van der Waals surface area (Å²) in [5.41, 5.74) is 1.58. The van der Waals surface area contributed by atoms with Crippen LogP contribution in [0, 0.1) is 0 Å². The Labute approximate surface area is 221 Å². The van der Waals surface area contributed by atoms with Crippen LogP contribution in [0.25, 0.3) is 0 Å². The van der Waals surface area contributed by atoms with Gasteiger partial charge in [0, 0.05) is 35.6 Å². The van der Waals surface area contributed by atoms with Crippen molar-refractivity contribution in [1.82, 2.24) is 0 Å². The predicted molar refractivity (Wildman–Crippen MR) is 137 cm³/mol. The Bertz CT molecular complexity index is 1540. The Morgan fingerprint density at radius 2 is 1.46 bits per heavy atom. The van der Waals surface area contributed by atoms with E-state index in [1.54, 1.807) is 0 Å². The first-order valence-corrected chi connectivity index (χ1v) is 11.9. The van der Waals surface area contributed by atoms with Gasteiger partial charge in [-0.2, -0.15) is 0 Å². The van der Waals surface area contributed by atoms with E-state index in [9.17, 15) is 40.5 Å². The van der Waals surface area contributed by atoms with E-state index in [-0.39, 0.29) is 47.0 Å². The van der Waals surface area contributed by atoms with Gasteiger partial charge in [0.25, 0.3) is 0 Å². The summed E-state index contributed by atoms with van der Waals surface area (Å²) in [6, 6.07) is 16.2. The van der Waals surface area contributed by atoms with Crippen LogP contribution in [0.3, 0.4) is 0 Å². The third-order valence-corrected chi connectivity index (χ3v) is 6.54. The van der Waals surface area contributed by atoms with Crippen LogP contribution in [0.15, 0.2) is 66.7 Å². The third kappa shape index (κ3) is 4.87. The van der Waals surface area contributed by atoms with Crippen molar-refractivity contribution < 1.29 is 50.0 Å². The minimum atomic E-state index is -1.10. The molecule has 200 valence electrons. The molecule has 7 N–H and O–H groups in total. The molecule has 0 fully saturated rings. The van der Waals surface area contributed by atoms with E-state index in [2.05, 4.69) is 0 Å². The molecule has 0 radical (unpaired) electrons. The van der Waals surface area contributed by atoms with Gasteiger partial charge >= 0.3 is 5.97 Å². The second-order valence-corrected chi connectivity index (χ2v) is 9.16. The molecule has 4 aromatic rings. The fourth-order valence-electron chi connectivity index (χ4n) is 4.57. The minimum Gasteiger partial charge on any atom is -0.507 e. The largest absolute Gasteiger partial charge is 0.507 e. The molecule has 0 unspecified atom stereocenters. The molecule has 1 heterocycles. The van der Waals surface area contributed by atoms with Crippen LogP contribution < -0.4 is 4.74 Å². The second kappa shape index (κ2) is 9.90. The highest BCUT2D eigenvalue weighted by molar-refractivity contribution is 5.91. The molecule has 1 aliphatic rings. The van der Waals surface area contributed by atoms with Gasteiger partial charge in [0.2, 0.25) is 0 Å². The molecular formula is C29H24O10. The number of phenols is 7. The predicted octanol–water partition coefficient (Wildman–Crippen LogP) is 4.12.